The molecule has 3 aromatic rings. The van der Waals surface area contributed by atoms with E-state index < -0.39 is 0 Å². The zero-order chi connectivity index (χ0) is 16.5. The smallest absolute Gasteiger partial charge is 0.275 e. The van der Waals surface area contributed by atoms with Gasteiger partial charge in [0.25, 0.3) is 5.56 Å². The van der Waals surface area contributed by atoms with Crippen LogP contribution in [-0.2, 0) is 6.42 Å². The molecule has 1 aliphatic rings. The van der Waals surface area contributed by atoms with Crippen molar-refractivity contribution in [3.63, 3.8) is 0 Å². The third-order valence-electron chi connectivity index (χ3n) is 3.97. The largest absolute Gasteiger partial charge is 0.345 e. The lowest BCUT2D eigenvalue weighted by molar-refractivity contribution is 0.785. The molecule has 0 spiro atoms. The van der Waals surface area contributed by atoms with Crippen molar-refractivity contribution in [1.29, 1.82) is 0 Å². The van der Waals surface area contributed by atoms with Gasteiger partial charge in [0, 0.05) is 56.4 Å². The van der Waals surface area contributed by atoms with Crippen molar-refractivity contribution in [3.8, 4) is 0 Å². The molecular weight excluding hydrogens is 346 g/mol. The summed E-state index contributed by atoms with van der Waals surface area (Å²) in [5, 5.41) is 6.28. The van der Waals surface area contributed by atoms with E-state index in [2.05, 4.69) is 36.2 Å². The van der Waals surface area contributed by atoms with Gasteiger partial charge in [0.2, 0.25) is 15.2 Å². The molecule has 10 heteroatoms. The molecule has 0 saturated carbocycles. The fourth-order valence-corrected chi connectivity index (χ4v) is 4.41. The molecule has 0 amide bonds. The van der Waals surface area contributed by atoms with Gasteiger partial charge >= 0.3 is 0 Å². The Morgan fingerprint density at radius 3 is 2.67 bits per heavy atom. The predicted octanol–water partition coefficient (Wildman–Crippen LogP) is 1.28. The second kappa shape index (κ2) is 6.44. The maximum Gasteiger partial charge on any atom is 0.275 e. The minimum Gasteiger partial charge on any atom is -0.345 e. The predicted molar refractivity (Wildman–Crippen MR) is 95.5 cm³/mol. The maximum atomic E-state index is 11.8. The van der Waals surface area contributed by atoms with Crippen LogP contribution in [0.25, 0.3) is 4.96 Å². The molecular formula is C14H17N7OS2. The molecule has 0 radical (unpaired) electrons. The number of aromatic nitrogens is 5. The van der Waals surface area contributed by atoms with Crippen LogP contribution < -0.4 is 15.4 Å². The monoisotopic (exact) mass is 363 g/mol. The number of hydrogen-bond donors (Lipinski definition) is 0. The Morgan fingerprint density at radius 2 is 1.96 bits per heavy atom. The van der Waals surface area contributed by atoms with Crippen molar-refractivity contribution in [1.82, 2.24) is 24.0 Å². The first-order valence-electron chi connectivity index (χ1n) is 7.92. The lowest BCUT2D eigenvalue weighted by Gasteiger charge is -2.20. The summed E-state index contributed by atoms with van der Waals surface area (Å²) in [6, 6.07) is 1.43. The average molecular weight is 363 g/mol. The van der Waals surface area contributed by atoms with Gasteiger partial charge in [-0.3, -0.25) is 4.79 Å². The third kappa shape index (κ3) is 2.86. The van der Waals surface area contributed by atoms with E-state index in [1.165, 1.54) is 39.6 Å². The van der Waals surface area contributed by atoms with Gasteiger partial charge in [0.1, 0.15) is 5.82 Å². The molecule has 8 nitrogen and oxygen atoms in total. The quantitative estimate of drug-likeness (QED) is 0.693. The van der Waals surface area contributed by atoms with Gasteiger partial charge in [0.05, 0.1) is 0 Å². The standard InChI is InChI=1S/C14H17N7OS2/c1-2-10-16-13(24-18-10)19-6-3-7-20(9-8-19)14-17-21-11(22)4-5-15-12(21)23-14/h4-5H,2-3,6-9H2,1H3. The molecule has 0 bridgehead atoms. The molecule has 0 N–H and O–H groups in total. The van der Waals surface area contributed by atoms with Crippen molar-refractivity contribution in [2.45, 2.75) is 19.8 Å². The molecule has 0 atom stereocenters. The molecule has 1 saturated heterocycles. The minimum absolute atomic E-state index is 0.139. The van der Waals surface area contributed by atoms with Crippen LogP contribution in [0.3, 0.4) is 0 Å². The number of anilines is 2. The van der Waals surface area contributed by atoms with Gasteiger partial charge in [-0.2, -0.15) is 8.89 Å². The van der Waals surface area contributed by atoms with E-state index in [4.69, 9.17) is 0 Å². The SMILES string of the molecule is CCc1nsc(N2CCCN(c3nn4c(=O)ccnc4s3)CC2)n1. The zero-order valence-corrected chi connectivity index (χ0v) is 14.9. The van der Waals surface area contributed by atoms with E-state index in [0.29, 0.717) is 4.96 Å². The second-order valence-electron chi connectivity index (χ2n) is 5.54. The second-order valence-corrected chi connectivity index (χ2v) is 7.20. The van der Waals surface area contributed by atoms with E-state index >= 15 is 0 Å². The summed E-state index contributed by atoms with van der Waals surface area (Å²) < 4.78 is 5.75. The first-order valence-corrected chi connectivity index (χ1v) is 9.51. The minimum atomic E-state index is -0.139. The molecule has 24 heavy (non-hydrogen) atoms. The van der Waals surface area contributed by atoms with Gasteiger partial charge in [0.15, 0.2) is 0 Å². The van der Waals surface area contributed by atoms with Crippen LogP contribution in [-0.4, -0.2) is 50.1 Å². The highest BCUT2D eigenvalue weighted by Crippen LogP contribution is 2.24. The van der Waals surface area contributed by atoms with E-state index in [0.717, 1.165) is 55.1 Å². The van der Waals surface area contributed by atoms with Crippen molar-refractivity contribution in [2.75, 3.05) is 36.0 Å². The Balaban J connectivity index is 1.53. The molecule has 1 fully saturated rings. The Bertz CT molecular complexity index is 902. The van der Waals surface area contributed by atoms with Crippen LogP contribution >= 0.6 is 22.9 Å². The number of fused-ring (bicyclic) bond motifs is 1. The Kier molecular flexibility index (Phi) is 4.15. The summed E-state index contributed by atoms with van der Waals surface area (Å²) in [4.78, 5) is 25.8. The average Bonchev–Trinajstić information content (AvgIpc) is 3.17. The summed E-state index contributed by atoms with van der Waals surface area (Å²) >= 11 is 2.93. The molecule has 126 valence electrons. The number of rotatable bonds is 3. The molecule has 1 aliphatic heterocycles. The van der Waals surface area contributed by atoms with Crippen LogP contribution in [0.1, 0.15) is 19.2 Å². The summed E-state index contributed by atoms with van der Waals surface area (Å²) in [6.07, 6.45) is 3.41. The normalized spacial score (nSPS) is 15.9. The number of nitrogens with zero attached hydrogens (tertiary/aromatic N) is 7. The van der Waals surface area contributed by atoms with Gasteiger partial charge < -0.3 is 9.80 Å². The van der Waals surface area contributed by atoms with Crippen LogP contribution in [0, 0.1) is 0 Å². The van der Waals surface area contributed by atoms with Gasteiger partial charge in [-0.05, 0) is 6.42 Å². The van der Waals surface area contributed by atoms with Gasteiger partial charge in [-0.25, -0.2) is 9.97 Å². The van der Waals surface area contributed by atoms with E-state index in [9.17, 15) is 4.79 Å². The van der Waals surface area contributed by atoms with Gasteiger partial charge in [-0.1, -0.05) is 18.3 Å². The van der Waals surface area contributed by atoms with Crippen molar-refractivity contribution in [2.24, 2.45) is 0 Å². The molecule has 0 unspecified atom stereocenters. The third-order valence-corrected chi connectivity index (χ3v) is 5.77. The Hall–Kier alpha value is -2.07. The topological polar surface area (TPSA) is 79.5 Å². The lowest BCUT2D eigenvalue weighted by atomic mass is 10.4. The summed E-state index contributed by atoms with van der Waals surface area (Å²) in [5.41, 5.74) is -0.139. The zero-order valence-electron chi connectivity index (χ0n) is 13.3. The highest BCUT2D eigenvalue weighted by Gasteiger charge is 2.20. The Morgan fingerprint density at radius 1 is 1.17 bits per heavy atom. The summed E-state index contributed by atoms with van der Waals surface area (Å²) in [7, 11) is 0. The number of aryl methyl sites for hydroxylation is 1. The molecule has 4 rings (SSSR count). The molecule has 4 heterocycles. The molecule has 0 aromatic carbocycles. The lowest BCUT2D eigenvalue weighted by Crippen LogP contribution is -2.30. The van der Waals surface area contributed by atoms with Crippen LogP contribution in [0.4, 0.5) is 10.3 Å². The summed E-state index contributed by atoms with van der Waals surface area (Å²) in [6.45, 7) is 5.65. The van der Waals surface area contributed by atoms with E-state index in [1.54, 1.807) is 0 Å². The van der Waals surface area contributed by atoms with Crippen LogP contribution in [0.2, 0.25) is 0 Å². The highest BCUT2D eigenvalue weighted by atomic mass is 32.1. The molecule has 3 aromatic heterocycles. The summed E-state index contributed by atoms with van der Waals surface area (Å²) in [5.74, 6) is 0.910. The Labute approximate surface area is 146 Å². The number of hydrogen-bond acceptors (Lipinski definition) is 9. The fraction of sp³-hybridized carbons (Fsp3) is 0.500. The first kappa shape index (κ1) is 15.5. The van der Waals surface area contributed by atoms with Crippen molar-refractivity contribution in [3.05, 3.63) is 28.4 Å². The van der Waals surface area contributed by atoms with E-state index in [1.807, 2.05) is 0 Å². The van der Waals surface area contributed by atoms with E-state index in [-0.39, 0.29) is 5.56 Å². The van der Waals surface area contributed by atoms with Crippen molar-refractivity contribution >= 4 is 38.1 Å². The first-order chi connectivity index (χ1) is 11.7. The highest BCUT2D eigenvalue weighted by molar-refractivity contribution is 7.20. The van der Waals surface area contributed by atoms with Crippen LogP contribution in [0.15, 0.2) is 17.1 Å². The maximum absolute atomic E-state index is 11.8. The van der Waals surface area contributed by atoms with Crippen molar-refractivity contribution < 1.29 is 0 Å². The van der Waals surface area contributed by atoms with Crippen LogP contribution in [0.5, 0.6) is 0 Å². The molecule has 0 aliphatic carbocycles. The fourth-order valence-electron chi connectivity index (χ4n) is 2.68. The van der Waals surface area contributed by atoms with Gasteiger partial charge in [-0.15, -0.1) is 5.10 Å².